The van der Waals surface area contributed by atoms with Crippen molar-refractivity contribution in [2.75, 3.05) is 19.7 Å². The summed E-state index contributed by atoms with van der Waals surface area (Å²) in [6.07, 6.45) is 6.51. The zero-order chi connectivity index (χ0) is 26.0. The number of carbonyl (C=O) groups excluding carboxylic acids is 1. The van der Waals surface area contributed by atoms with E-state index in [4.69, 9.17) is 20.8 Å². The minimum absolute atomic E-state index is 0.0733. The molecule has 0 spiro atoms. The van der Waals surface area contributed by atoms with Crippen molar-refractivity contribution in [3.05, 3.63) is 69.5 Å². The van der Waals surface area contributed by atoms with Crippen LogP contribution in [0.15, 0.2) is 46.0 Å². The number of aromatic nitrogens is 4. The second kappa shape index (κ2) is 8.71. The molecule has 196 valence electrons. The third-order valence-electron chi connectivity index (χ3n) is 7.78. The number of amides is 1. The lowest BCUT2D eigenvalue weighted by atomic mass is 9.91. The second-order valence-corrected chi connectivity index (χ2v) is 10.8. The molecule has 3 aliphatic rings. The molecule has 10 nitrogen and oxygen atoms in total. The van der Waals surface area contributed by atoms with E-state index in [0.29, 0.717) is 60.5 Å². The van der Waals surface area contributed by atoms with E-state index < -0.39 is 5.60 Å². The van der Waals surface area contributed by atoms with Gasteiger partial charge in [-0.05, 0) is 55.5 Å². The summed E-state index contributed by atoms with van der Waals surface area (Å²) in [4.78, 5) is 36.7. The monoisotopic (exact) mass is 535 g/mol. The molecule has 1 saturated carbocycles. The van der Waals surface area contributed by atoms with Crippen LogP contribution in [0.1, 0.15) is 53.6 Å². The second-order valence-electron chi connectivity index (χ2n) is 10.5. The molecule has 4 aromatic rings. The average molecular weight is 536 g/mol. The van der Waals surface area contributed by atoms with Crippen molar-refractivity contribution < 1.29 is 19.1 Å². The van der Waals surface area contributed by atoms with Crippen LogP contribution in [0.5, 0.6) is 5.75 Å². The summed E-state index contributed by atoms with van der Waals surface area (Å²) in [6.45, 7) is 1.43. The van der Waals surface area contributed by atoms with Crippen LogP contribution in [-0.4, -0.2) is 60.3 Å². The van der Waals surface area contributed by atoms with E-state index in [2.05, 4.69) is 9.97 Å². The Bertz CT molecular complexity index is 1630. The van der Waals surface area contributed by atoms with E-state index in [9.17, 15) is 14.7 Å². The fourth-order valence-corrected chi connectivity index (χ4v) is 5.71. The van der Waals surface area contributed by atoms with Crippen LogP contribution in [-0.2, 0) is 13.0 Å². The maximum atomic E-state index is 13.4. The number of rotatable bonds is 5. The van der Waals surface area contributed by atoms with Crippen LogP contribution >= 0.6 is 11.6 Å². The first-order valence-electron chi connectivity index (χ1n) is 12.9. The normalized spacial score (nSPS) is 18.5. The Morgan fingerprint density at radius 1 is 1.18 bits per heavy atom. The van der Waals surface area contributed by atoms with Crippen molar-refractivity contribution in [2.24, 2.45) is 0 Å². The van der Waals surface area contributed by atoms with Gasteiger partial charge in [0.2, 0.25) is 5.76 Å². The van der Waals surface area contributed by atoms with E-state index in [0.717, 1.165) is 36.3 Å². The van der Waals surface area contributed by atoms with Gasteiger partial charge in [0.25, 0.3) is 11.5 Å². The molecule has 1 amide bonds. The maximum Gasteiger partial charge on any atom is 0.291 e. The quantitative estimate of drug-likeness (QED) is 0.417. The van der Waals surface area contributed by atoms with Crippen molar-refractivity contribution in [3.8, 4) is 11.4 Å². The molecule has 0 atom stereocenters. The molecule has 11 heteroatoms. The van der Waals surface area contributed by atoms with Gasteiger partial charge in [-0.2, -0.15) is 0 Å². The Morgan fingerprint density at radius 2 is 2.00 bits per heavy atom. The largest absolute Gasteiger partial charge is 0.493 e. The predicted molar refractivity (Wildman–Crippen MR) is 138 cm³/mol. The first-order valence-corrected chi connectivity index (χ1v) is 13.3. The fraction of sp³-hybridized carbons (Fsp3) is 0.407. The smallest absolute Gasteiger partial charge is 0.291 e. The number of ether oxygens (including phenoxy) is 1. The summed E-state index contributed by atoms with van der Waals surface area (Å²) in [5.74, 6) is 1.84. The van der Waals surface area contributed by atoms with Gasteiger partial charge in [-0.3, -0.25) is 18.7 Å². The molecule has 0 radical (unpaired) electrons. The molecule has 1 saturated heterocycles. The molecule has 38 heavy (non-hydrogen) atoms. The van der Waals surface area contributed by atoms with Gasteiger partial charge in [-0.15, -0.1) is 0 Å². The van der Waals surface area contributed by atoms with Crippen molar-refractivity contribution >= 4 is 28.5 Å². The summed E-state index contributed by atoms with van der Waals surface area (Å²) in [7, 11) is 0. The molecule has 1 N–H and O–H groups in total. The number of oxazole rings is 1. The average Bonchev–Trinajstić information content (AvgIpc) is 3.31. The Balaban J connectivity index is 1.09. The molecule has 2 aliphatic heterocycles. The molecule has 5 heterocycles. The first kappa shape index (κ1) is 23.5. The Labute approximate surface area is 222 Å². The van der Waals surface area contributed by atoms with Gasteiger partial charge in [-0.1, -0.05) is 11.6 Å². The molecule has 2 fully saturated rings. The highest BCUT2D eigenvalue weighted by Gasteiger charge is 2.36. The molecular formula is C27H26ClN5O5. The van der Waals surface area contributed by atoms with Gasteiger partial charge in [0.15, 0.2) is 11.5 Å². The summed E-state index contributed by atoms with van der Waals surface area (Å²) < 4.78 is 14.4. The van der Waals surface area contributed by atoms with Crippen LogP contribution in [0, 0.1) is 0 Å². The van der Waals surface area contributed by atoms with Crippen molar-refractivity contribution in [1.29, 1.82) is 0 Å². The van der Waals surface area contributed by atoms with Gasteiger partial charge < -0.3 is 19.2 Å². The van der Waals surface area contributed by atoms with E-state index in [-0.39, 0.29) is 23.8 Å². The Hall–Kier alpha value is -3.63. The molecule has 3 aromatic heterocycles. The fourth-order valence-electron chi connectivity index (χ4n) is 5.42. The third kappa shape index (κ3) is 3.99. The van der Waals surface area contributed by atoms with Crippen LogP contribution in [0.2, 0.25) is 5.15 Å². The number of aliphatic hydroxyl groups is 1. The minimum atomic E-state index is -1.15. The lowest BCUT2D eigenvalue weighted by molar-refractivity contribution is -0.0304. The molecule has 7 rings (SSSR count). The number of likely N-dealkylation sites (tertiary alicyclic amines) is 1. The van der Waals surface area contributed by atoms with Gasteiger partial charge in [0.1, 0.15) is 17.2 Å². The summed E-state index contributed by atoms with van der Waals surface area (Å²) in [6, 6.07) is 7.42. The topological polar surface area (TPSA) is 116 Å². The number of carbonyl (C=O) groups is 1. The minimum Gasteiger partial charge on any atom is -0.493 e. The summed E-state index contributed by atoms with van der Waals surface area (Å²) >= 11 is 6.56. The zero-order valence-electron chi connectivity index (χ0n) is 20.6. The van der Waals surface area contributed by atoms with E-state index in [1.54, 1.807) is 15.5 Å². The molecule has 1 aromatic carbocycles. The number of halogens is 1. The number of hydrogen-bond acceptors (Lipinski definition) is 7. The van der Waals surface area contributed by atoms with Crippen molar-refractivity contribution in [2.45, 2.75) is 50.2 Å². The van der Waals surface area contributed by atoms with Crippen molar-refractivity contribution in [1.82, 2.24) is 24.0 Å². The number of piperidine rings is 1. The van der Waals surface area contributed by atoms with Crippen molar-refractivity contribution in [3.63, 3.8) is 0 Å². The van der Waals surface area contributed by atoms with E-state index in [1.807, 2.05) is 18.2 Å². The van der Waals surface area contributed by atoms with E-state index >= 15 is 0 Å². The number of benzene rings is 1. The summed E-state index contributed by atoms with van der Waals surface area (Å²) in [5.41, 5.74) is 0.933. The molecule has 0 unspecified atom stereocenters. The summed E-state index contributed by atoms with van der Waals surface area (Å²) in [5, 5.41) is 12.1. The molecule has 0 bridgehead atoms. The van der Waals surface area contributed by atoms with Crippen LogP contribution in [0.4, 0.5) is 0 Å². The van der Waals surface area contributed by atoms with Gasteiger partial charge >= 0.3 is 0 Å². The third-order valence-corrected chi connectivity index (χ3v) is 8.06. The number of hydrogen-bond donors (Lipinski definition) is 1. The van der Waals surface area contributed by atoms with E-state index in [1.165, 1.54) is 17.1 Å². The number of fused-ring (bicyclic) bond motifs is 2. The lowest BCUT2D eigenvalue weighted by Gasteiger charge is -2.38. The van der Waals surface area contributed by atoms with Crippen LogP contribution < -0.4 is 10.3 Å². The SMILES string of the molecule is O=C(c1cnc(C2CC2)o1)N1CCC(O)(Cn2cnc3c(cc(Cl)n3-c3ccc4c(c3)CCO4)c2=O)CC1. The highest BCUT2D eigenvalue weighted by atomic mass is 35.5. The Morgan fingerprint density at radius 3 is 2.79 bits per heavy atom. The Kier molecular flexibility index (Phi) is 5.38. The highest BCUT2D eigenvalue weighted by molar-refractivity contribution is 6.31. The predicted octanol–water partition coefficient (Wildman–Crippen LogP) is 3.31. The van der Waals surface area contributed by atoms with Gasteiger partial charge in [-0.25, -0.2) is 9.97 Å². The highest BCUT2D eigenvalue weighted by Crippen LogP contribution is 2.39. The maximum absolute atomic E-state index is 13.4. The standard InChI is InChI=1S/C27H26ClN5O5/c28-22-12-19-23(33(22)18-3-4-20-17(11-18)5-10-37-20)30-15-32(25(19)34)14-27(36)6-8-31(9-7-27)26(35)21-13-29-24(38-21)16-1-2-16/h3-4,11-13,15-16,36H,1-2,5-10,14H2. The number of nitrogens with zero attached hydrogens (tertiary/aromatic N) is 5. The van der Waals surface area contributed by atoms with Crippen LogP contribution in [0.25, 0.3) is 16.7 Å². The zero-order valence-corrected chi connectivity index (χ0v) is 21.4. The molecular weight excluding hydrogens is 510 g/mol. The van der Waals surface area contributed by atoms with Crippen LogP contribution in [0.3, 0.4) is 0 Å². The van der Waals surface area contributed by atoms with Gasteiger partial charge in [0, 0.05) is 31.1 Å². The first-order chi connectivity index (χ1) is 18.4. The lowest BCUT2D eigenvalue weighted by Crippen LogP contribution is -2.49. The van der Waals surface area contributed by atoms with Gasteiger partial charge in [0.05, 0.1) is 30.3 Å². The molecule has 1 aliphatic carbocycles.